The summed E-state index contributed by atoms with van der Waals surface area (Å²) in [5.41, 5.74) is 0. The molecule has 0 radical (unpaired) electrons. The highest BCUT2D eigenvalue weighted by Gasteiger charge is 2.51. The van der Waals surface area contributed by atoms with Crippen LogP contribution in [-0.2, 0) is 14.3 Å². The smallest absolute Gasteiger partial charge is 0.233 e. The van der Waals surface area contributed by atoms with Crippen molar-refractivity contribution in [2.75, 3.05) is 20.2 Å². The number of fused-ring (bicyclic) bond motifs is 1. The van der Waals surface area contributed by atoms with Crippen LogP contribution in [0, 0.1) is 11.8 Å². The number of hydrogen-bond acceptors (Lipinski definition) is 4. The van der Waals surface area contributed by atoms with Gasteiger partial charge in [-0.05, 0) is 12.8 Å². The van der Waals surface area contributed by atoms with Gasteiger partial charge in [-0.1, -0.05) is 12.2 Å². The molecule has 18 heavy (non-hydrogen) atoms. The van der Waals surface area contributed by atoms with Gasteiger partial charge in [-0.25, -0.2) is 0 Å². The molecule has 98 valence electrons. The Morgan fingerprint density at radius 3 is 2.33 bits per heavy atom. The molecule has 2 heterocycles. The molecule has 5 heteroatoms. The fraction of sp³-hybridized carbons (Fsp3) is 0.692. The minimum Gasteiger partial charge on any atom is -0.378 e. The minimum atomic E-state index is -0.138. The Kier molecular flexibility index (Phi) is 2.95. The predicted octanol–water partition coefficient (Wildman–Crippen LogP) is -0.0756. The lowest BCUT2D eigenvalue weighted by Gasteiger charge is -2.26. The van der Waals surface area contributed by atoms with Crippen molar-refractivity contribution in [2.45, 2.75) is 25.0 Å². The summed E-state index contributed by atoms with van der Waals surface area (Å²) in [5, 5.41) is 3.19. The summed E-state index contributed by atoms with van der Waals surface area (Å²) < 4.78 is 5.36. The van der Waals surface area contributed by atoms with Gasteiger partial charge in [0, 0.05) is 20.2 Å². The Labute approximate surface area is 106 Å². The number of carbonyl (C=O) groups is 2. The first kappa shape index (κ1) is 11.9. The van der Waals surface area contributed by atoms with Gasteiger partial charge in [0.15, 0.2) is 0 Å². The molecule has 0 aromatic heterocycles. The standard InChI is InChI=1S/C13H18N2O3/c1-18-11-7-14-6-10(11)15-12(16)8-4-2-3-5-9(8)13(15)17/h2-3,8-11,14H,4-7H2,1H3/t8?,9?,10?,11-/m0/s1. The largest absolute Gasteiger partial charge is 0.378 e. The molecular weight excluding hydrogens is 232 g/mol. The molecule has 0 aromatic rings. The van der Waals surface area contributed by atoms with Crippen LogP contribution in [0.2, 0.25) is 0 Å². The Bertz CT molecular complexity index is 381. The minimum absolute atomic E-state index is 0.00917. The lowest BCUT2D eigenvalue weighted by atomic mass is 9.85. The number of nitrogens with one attached hydrogen (secondary N) is 1. The van der Waals surface area contributed by atoms with Gasteiger partial charge in [0.1, 0.15) is 0 Å². The summed E-state index contributed by atoms with van der Waals surface area (Å²) in [6, 6.07) is -0.138. The molecular formula is C13H18N2O3. The molecule has 2 saturated heterocycles. The van der Waals surface area contributed by atoms with Gasteiger partial charge in [-0.2, -0.15) is 0 Å². The molecule has 3 aliphatic rings. The normalized spacial score (nSPS) is 39.5. The van der Waals surface area contributed by atoms with E-state index in [1.54, 1.807) is 7.11 Å². The average molecular weight is 250 g/mol. The molecule has 3 rings (SSSR count). The maximum Gasteiger partial charge on any atom is 0.233 e. The Morgan fingerprint density at radius 2 is 1.78 bits per heavy atom. The molecule has 0 aromatic carbocycles. The summed E-state index contributed by atoms with van der Waals surface area (Å²) >= 11 is 0. The van der Waals surface area contributed by atoms with Gasteiger partial charge < -0.3 is 10.1 Å². The number of ether oxygens (including phenoxy) is 1. The van der Waals surface area contributed by atoms with Crippen LogP contribution in [0.4, 0.5) is 0 Å². The second kappa shape index (κ2) is 4.48. The third-order valence-electron chi connectivity index (χ3n) is 4.30. The van der Waals surface area contributed by atoms with E-state index in [1.807, 2.05) is 12.2 Å². The number of nitrogens with zero attached hydrogens (tertiary/aromatic N) is 1. The highest BCUT2D eigenvalue weighted by atomic mass is 16.5. The predicted molar refractivity (Wildman–Crippen MR) is 64.7 cm³/mol. The van der Waals surface area contributed by atoms with Crippen LogP contribution in [0.3, 0.4) is 0 Å². The SMILES string of the molecule is CO[C@H]1CNCC1N1C(=O)C2CC=CCC2C1=O. The highest BCUT2D eigenvalue weighted by Crippen LogP contribution is 2.37. The molecule has 2 amide bonds. The Hall–Kier alpha value is -1.20. The zero-order valence-electron chi connectivity index (χ0n) is 10.5. The van der Waals surface area contributed by atoms with E-state index in [-0.39, 0.29) is 35.8 Å². The second-order valence-corrected chi connectivity index (χ2v) is 5.20. The lowest BCUT2D eigenvalue weighted by Crippen LogP contribution is -2.47. The third kappa shape index (κ3) is 1.61. The first-order chi connectivity index (χ1) is 8.74. The van der Waals surface area contributed by atoms with Crippen molar-refractivity contribution in [1.82, 2.24) is 10.2 Å². The van der Waals surface area contributed by atoms with Gasteiger partial charge in [-0.3, -0.25) is 14.5 Å². The van der Waals surface area contributed by atoms with E-state index in [2.05, 4.69) is 5.32 Å². The summed E-state index contributed by atoms with van der Waals surface area (Å²) in [6.45, 7) is 1.34. The van der Waals surface area contributed by atoms with Crippen molar-refractivity contribution in [3.63, 3.8) is 0 Å². The number of allylic oxidation sites excluding steroid dienone is 2. The third-order valence-corrected chi connectivity index (χ3v) is 4.30. The van der Waals surface area contributed by atoms with Crippen molar-refractivity contribution < 1.29 is 14.3 Å². The Balaban J connectivity index is 1.85. The van der Waals surface area contributed by atoms with Gasteiger partial charge in [0.25, 0.3) is 0 Å². The summed E-state index contributed by atoms with van der Waals surface area (Å²) in [5.74, 6) is -0.295. The van der Waals surface area contributed by atoms with Crippen LogP contribution >= 0.6 is 0 Å². The van der Waals surface area contributed by atoms with Crippen LogP contribution in [0.5, 0.6) is 0 Å². The fourth-order valence-electron chi connectivity index (χ4n) is 3.29. The van der Waals surface area contributed by atoms with Crippen LogP contribution < -0.4 is 5.32 Å². The van der Waals surface area contributed by atoms with E-state index < -0.39 is 0 Å². The number of carbonyl (C=O) groups excluding carboxylic acids is 2. The molecule has 1 N–H and O–H groups in total. The summed E-state index contributed by atoms with van der Waals surface area (Å²) in [6.07, 6.45) is 5.34. The molecule has 0 spiro atoms. The molecule has 4 atom stereocenters. The van der Waals surface area contributed by atoms with E-state index in [9.17, 15) is 9.59 Å². The quantitative estimate of drug-likeness (QED) is 0.550. The number of rotatable bonds is 2. The summed E-state index contributed by atoms with van der Waals surface area (Å²) in [4.78, 5) is 26.2. The molecule has 0 saturated carbocycles. The zero-order valence-corrected chi connectivity index (χ0v) is 10.5. The first-order valence-corrected chi connectivity index (χ1v) is 6.49. The van der Waals surface area contributed by atoms with Gasteiger partial charge in [0.2, 0.25) is 11.8 Å². The highest BCUT2D eigenvalue weighted by molar-refractivity contribution is 6.05. The summed E-state index contributed by atoms with van der Waals surface area (Å²) in [7, 11) is 1.63. The van der Waals surface area contributed by atoms with E-state index >= 15 is 0 Å². The molecule has 5 nitrogen and oxygen atoms in total. The Morgan fingerprint density at radius 1 is 1.17 bits per heavy atom. The van der Waals surface area contributed by atoms with E-state index in [1.165, 1.54) is 4.90 Å². The number of amides is 2. The van der Waals surface area contributed by atoms with Gasteiger partial charge in [-0.15, -0.1) is 0 Å². The molecule has 0 bridgehead atoms. The number of imide groups is 1. The number of methoxy groups -OCH3 is 1. The maximum absolute atomic E-state index is 12.4. The van der Waals surface area contributed by atoms with Crippen LogP contribution in [0.15, 0.2) is 12.2 Å². The monoisotopic (exact) mass is 250 g/mol. The van der Waals surface area contributed by atoms with E-state index in [0.29, 0.717) is 25.9 Å². The molecule has 3 unspecified atom stereocenters. The molecule has 1 aliphatic carbocycles. The van der Waals surface area contributed by atoms with Gasteiger partial charge in [0.05, 0.1) is 24.0 Å². The van der Waals surface area contributed by atoms with Crippen LogP contribution in [0.25, 0.3) is 0 Å². The first-order valence-electron chi connectivity index (χ1n) is 6.49. The molecule has 2 aliphatic heterocycles. The lowest BCUT2D eigenvalue weighted by molar-refractivity contribution is -0.144. The van der Waals surface area contributed by atoms with Crippen molar-refractivity contribution in [1.29, 1.82) is 0 Å². The van der Waals surface area contributed by atoms with E-state index in [0.717, 1.165) is 0 Å². The van der Waals surface area contributed by atoms with E-state index in [4.69, 9.17) is 4.74 Å². The average Bonchev–Trinajstić information content (AvgIpc) is 2.95. The zero-order chi connectivity index (χ0) is 12.7. The van der Waals surface area contributed by atoms with Crippen molar-refractivity contribution in [2.24, 2.45) is 11.8 Å². The fourth-order valence-corrected chi connectivity index (χ4v) is 3.29. The number of likely N-dealkylation sites (tertiary alicyclic amines) is 1. The van der Waals surface area contributed by atoms with Crippen molar-refractivity contribution in [3.8, 4) is 0 Å². The maximum atomic E-state index is 12.4. The van der Waals surface area contributed by atoms with Crippen LogP contribution in [-0.4, -0.2) is 49.1 Å². The van der Waals surface area contributed by atoms with Crippen molar-refractivity contribution >= 4 is 11.8 Å². The number of hydrogen-bond donors (Lipinski definition) is 1. The van der Waals surface area contributed by atoms with Crippen LogP contribution in [0.1, 0.15) is 12.8 Å². The van der Waals surface area contributed by atoms with Crippen molar-refractivity contribution in [3.05, 3.63) is 12.2 Å². The van der Waals surface area contributed by atoms with Gasteiger partial charge >= 0.3 is 0 Å². The second-order valence-electron chi connectivity index (χ2n) is 5.20. The topological polar surface area (TPSA) is 58.6 Å². The molecule has 2 fully saturated rings.